The monoisotopic (exact) mass is 281 g/mol. The highest BCUT2D eigenvalue weighted by atomic mass is 16.4. The fourth-order valence-electron chi connectivity index (χ4n) is 2.07. The van der Waals surface area contributed by atoms with Crippen molar-refractivity contribution in [1.29, 1.82) is 0 Å². The number of amides is 1. The Morgan fingerprint density at radius 1 is 1.30 bits per heavy atom. The van der Waals surface area contributed by atoms with Crippen molar-refractivity contribution in [3.63, 3.8) is 0 Å². The van der Waals surface area contributed by atoms with Crippen molar-refractivity contribution in [2.24, 2.45) is 5.92 Å². The molecule has 1 aromatic heterocycles. The van der Waals surface area contributed by atoms with Crippen LogP contribution in [-0.4, -0.2) is 23.0 Å². The Labute approximate surface area is 119 Å². The first-order valence-corrected chi connectivity index (χ1v) is 7.09. The summed E-state index contributed by atoms with van der Waals surface area (Å²) in [5, 5.41) is 11.7. The lowest BCUT2D eigenvalue weighted by Crippen LogP contribution is -2.44. The third-order valence-electron chi connectivity index (χ3n) is 3.59. The molecule has 0 saturated heterocycles. The van der Waals surface area contributed by atoms with Gasteiger partial charge < -0.3 is 14.8 Å². The predicted octanol–water partition coefficient (Wildman–Crippen LogP) is 2.63. The topological polar surface area (TPSA) is 79.5 Å². The van der Waals surface area contributed by atoms with E-state index in [1.165, 1.54) is 0 Å². The summed E-state index contributed by atoms with van der Waals surface area (Å²) < 4.78 is 5.51. The molecule has 0 aliphatic heterocycles. The van der Waals surface area contributed by atoms with Crippen LogP contribution in [-0.2, 0) is 17.6 Å². The molecule has 2 atom stereocenters. The maximum atomic E-state index is 12.1. The number of furan rings is 1. The molecule has 2 unspecified atom stereocenters. The molecule has 0 fully saturated rings. The molecule has 0 bridgehead atoms. The maximum absolute atomic E-state index is 12.1. The molecule has 20 heavy (non-hydrogen) atoms. The summed E-state index contributed by atoms with van der Waals surface area (Å²) >= 11 is 0. The van der Waals surface area contributed by atoms with E-state index in [1.54, 1.807) is 13.0 Å². The summed E-state index contributed by atoms with van der Waals surface area (Å²) in [5.41, 5.74) is 0.994. The zero-order chi connectivity index (χ0) is 15.3. The van der Waals surface area contributed by atoms with Crippen molar-refractivity contribution >= 4 is 11.9 Å². The van der Waals surface area contributed by atoms with Crippen LogP contribution in [0.3, 0.4) is 0 Å². The number of carboxylic acids is 1. The van der Waals surface area contributed by atoms with Gasteiger partial charge in [-0.2, -0.15) is 0 Å². The average Bonchev–Trinajstić information content (AvgIpc) is 2.86. The molecule has 1 amide bonds. The second-order valence-corrected chi connectivity index (χ2v) is 4.94. The molecule has 0 saturated carbocycles. The van der Waals surface area contributed by atoms with Crippen molar-refractivity contribution in [2.45, 2.75) is 53.0 Å². The van der Waals surface area contributed by atoms with Gasteiger partial charge >= 0.3 is 5.97 Å². The highest BCUT2D eigenvalue weighted by Crippen LogP contribution is 2.18. The molecule has 0 aliphatic carbocycles. The van der Waals surface area contributed by atoms with Gasteiger partial charge in [-0.15, -0.1) is 0 Å². The highest BCUT2D eigenvalue weighted by molar-refractivity contribution is 5.94. The van der Waals surface area contributed by atoms with E-state index < -0.39 is 17.9 Å². The number of hydrogen-bond acceptors (Lipinski definition) is 3. The van der Waals surface area contributed by atoms with Gasteiger partial charge in [0, 0.05) is 6.42 Å². The lowest BCUT2D eigenvalue weighted by atomic mass is 9.99. The van der Waals surface area contributed by atoms with Gasteiger partial charge in [0.25, 0.3) is 5.91 Å². The largest absolute Gasteiger partial charge is 0.480 e. The Hall–Kier alpha value is -1.78. The van der Waals surface area contributed by atoms with E-state index in [0.717, 1.165) is 17.7 Å². The predicted molar refractivity (Wildman–Crippen MR) is 75.8 cm³/mol. The molecule has 1 aromatic rings. The fraction of sp³-hybridized carbons (Fsp3) is 0.600. The molecule has 5 heteroatoms. The summed E-state index contributed by atoms with van der Waals surface area (Å²) in [6.45, 7) is 7.64. The zero-order valence-corrected chi connectivity index (χ0v) is 12.5. The number of carboxylic acid groups (broad SMARTS) is 1. The highest BCUT2D eigenvalue weighted by Gasteiger charge is 2.27. The van der Waals surface area contributed by atoms with Gasteiger partial charge in [-0.3, -0.25) is 4.79 Å². The number of carbonyl (C=O) groups excluding carboxylic acids is 1. The van der Waals surface area contributed by atoms with E-state index in [4.69, 9.17) is 4.42 Å². The minimum Gasteiger partial charge on any atom is -0.480 e. The van der Waals surface area contributed by atoms with Crippen LogP contribution < -0.4 is 5.32 Å². The van der Waals surface area contributed by atoms with Crippen molar-refractivity contribution in [3.8, 4) is 0 Å². The zero-order valence-electron chi connectivity index (χ0n) is 12.5. The molecule has 1 rings (SSSR count). The SMILES string of the molecule is CCc1cc(C(=O)NC(C(=O)O)C(C)CC)oc1CC. The number of hydrogen-bond donors (Lipinski definition) is 2. The number of aryl methyl sites for hydroxylation is 2. The van der Waals surface area contributed by atoms with Crippen molar-refractivity contribution in [3.05, 3.63) is 23.2 Å². The quantitative estimate of drug-likeness (QED) is 0.805. The molecule has 2 N–H and O–H groups in total. The minimum atomic E-state index is -1.02. The van der Waals surface area contributed by atoms with Crippen LogP contribution in [0.15, 0.2) is 10.5 Å². The minimum absolute atomic E-state index is 0.136. The second-order valence-electron chi connectivity index (χ2n) is 4.94. The first kappa shape index (κ1) is 16.3. The van der Waals surface area contributed by atoms with E-state index in [-0.39, 0.29) is 11.7 Å². The number of carbonyl (C=O) groups is 2. The van der Waals surface area contributed by atoms with Crippen LogP contribution >= 0.6 is 0 Å². The molecule has 0 spiro atoms. The standard InChI is InChI=1S/C15H23NO4/c1-5-9(4)13(15(18)19)16-14(17)12-8-10(6-2)11(7-3)20-12/h8-9,13H,5-7H2,1-4H3,(H,16,17)(H,18,19). The van der Waals surface area contributed by atoms with E-state index >= 15 is 0 Å². The van der Waals surface area contributed by atoms with Crippen LogP contribution in [0.4, 0.5) is 0 Å². The summed E-state index contributed by atoms with van der Waals surface area (Å²) in [5.74, 6) is -0.651. The summed E-state index contributed by atoms with van der Waals surface area (Å²) in [4.78, 5) is 23.3. The smallest absolute Gasteiger partial charge is 0.326 e. The van der Waals surface area contributed by atoms with Crippen molar-refractivity contribution in [2.75, 3.05) is 0 Å². The van der Waals surface area contributed by atoms with E-state index in [1.807, 2.05) is 20.8 Å². The van der Waals surface area contributed by atoms with Crippen LogP contribution in [0.1, 0.15) is 56.0 Å². The van der Waals surface area contributed by atoms with Gasteiger partial charge in [0.2, 0.25) is 0 Å². The summed E-state index contributed by atoms with van der Waals surface area (Å²) in [7, 11) is 0. The molecule has 112 valence electrons. The van der Waals surface area contributed by atoms with Crippen LogP contribution in [0.2, 0.25) is 0 Å². The van der Waals surface area contributed by atoms with Crippen LogP contribution in [0.25, 0.3) is 0 Å². The molecule has 1 heterocycles. The summed E-state index contributed by atoms with van der Waals surface area (Å²) in [6.07, 6.45) is 2.17. The van der Waals surface area contributed by atoms with E-state index in [0.29, 0.717) is 12.8 Å². The second kappa shape index (κ2) is 7.12. The Balaban J connectivity index is 2.89. The molecule has 0 aliphatic rings. The van der Waals surface area contributed by atoms with E-state index in [9.17, 15) is 14.7 Å². The molecule has 0 radical (unpaired) electrons. The Bertz CT molecular complexity index is 457. The third-order valence-corrected chi connectivity index (χ3v) is 3.59. The van der Waals surface area contributed by atoms with Crippen molar-refractivity contribution < 1.29 is 19.1 Å². The van der Waals surface area contributed by atoms with Gasteiger partial charge in [-0.05, 0) is 24.0 Å². The van der Waals surface area contributed by atoms with Gasteiger partial charge in [-0.25, -0.2) is 4.79 Å². The van der Waals surface area contributed by atoms with Gasteiger partial charge in [0.05, 0.1) is 0 Å². The van der Waals surface area contributed by atoms with Gasteiger partial charge in [-0.1, -0.05) is 34.1 Å². The Morgan fingerprint density at radius 3 is 2.35 bits per heavy atom. The number of nitrogens with one attached hydrogen (secondary N) is 1. The normalized spacial score (nSPS) is 13.8. The van der Waals surface area contributed by atoms with E-state index in [2.05, 4.69) is 5.32 Å². The Kier molecular flexibility index (Phi) is 5.80. The lowest BCUT2D eigenvalue weighted by Gasteiger charge is -2.19. The molecule has 0 aromatic carbocycles. The molecular weight excluding hydrogens is 258 g/mol. The summed E-state index contributed by atoms with van der Waals surface area (Å²) in [6, 6.07) is 0.803. The lowest BCUT2D eigenvalue weighted by molar-refractivity contribution is -0.140. The Morgan fingerprint density at radius 2 is 1.95 bits per heavy atom. The number of aliphatic carboxylic acids is 1. The third kappa shape index (κ3) is 3.62. The average molecular weight is 281 g/mol. The number of rotatable bonds is 7. The van der Waals surface area contributed by atoms with Crippen molar-refractivity contribution in [1.82, 2.24) is 5.32 Å². The van der Waals surface area contributed by atoms with Gasteiger partial charge in [0.15, 0.2) is 5.76 Å². The van der Waals surface area contributed by atoms with Crippen LogP contribution in [0, 0.1) is 5.92 Å². The van der Waals surface area contributed by atoms with Gasteiger partial charge in [0.1, 0.15) is 11.8 Å². The maximum Gasteiger partial charge on any atom is 0.326 e. The molecular formula is C15H23NO4. The first-order valence-electron chi connectivity index (χ1n) is 7.09. The fourth-order valence-corrected chi connectivity index (χ4v) is 2.07. The first-order chi connectivity index (χ1) is 9.44. The van der Waals surface area contributed by atoms with Crippen LogP contribution in [0.5, 0.6) is 0 Å². The molecule has 5 nitrogen and oxygen atoms in total.